The molecule has 1 saturated carbocycles. The average Bonchev–Trinajstić information content (AvgIpc) is 2.46. The molecule has 20 heavy (non-hydrogen) atoms. The van der Waals surface area contributed by atoms with Crippen molar-refractivity contribution in [2.75, 3.05) is 23.8 Å². The third kappa shape index (κ3) is 3.19. The van der Waals surface area contributed by atoms with E-state index in [4.69, 9.17) is 11.5 Å². The topological polar surface area (TPSA) is 105 Å². The molecule has 0 aromatic carbocycles. The molecule has 2 rings (SSSR count). The van der Waals surface area contributed by atoms with Gasteiger partial charge in [0.1, 0.15) is 5.82 Å². The second kappa shape index (κ2) is 6.56. The van der Waals surface area contributed by atoms with E-state index in [9.17, 15) is 9.90 Å². The Morgan fingerprint density at radius 3 is 2.70 bits per heavy atom. The Morgan fingerprint density at radius 2 is 2.10 bits per heavy atom. The second-order valence-electron chi connectivity index (χ2n) is 5.20. The smallest absolute Gasteiger partial charge is 0.250 e. The number of carbonyl (C=O) groups excluding carboxylic acids is 1. The van der Waals surface area contributed by atoms with Crippen LogP contribution in [0.2, 0.25) is 0 Å². The van der Waals surface area contributed by atoms with Crippen molar-refractivity contribution in [3.05, 3.63) is 17.8 Å². The van der Waals surface area contributed by atoms with Crippen molar-refractivity contribution >= 4 is 17.4 Å². The van der Waals surface area contributed by atoms with Crippen LogP contribution in [0.3, 0.4) is 0 Å². The van der Waals surface area contributed by atoms with Gasteiger partial charge in [0.15, 0.2) is 0 Å². The number of anilines is 2. The van der Waals surface area contributed by atoms with Crippen LogP contribution in [0.1, 0.15) is 42.5 Å². The Morgan fingerprint density at radius 1 is 1.40 bits per heavy atom. The maximum atomic E-state index is 11.4. The number of nitrogen functional groups attached to an aromatic ring is 1. The van der Waals surface area contributed by atoms with Crippen LogP contribution in [0.25, 0.3) is 0 Å². The van der Waals surface area contributed by atoms with Gasteiger partial charge in [-0.05, 0) is 18.9 Å². The van der Waals surface area contributed by atoms with Crippen molar-refractivity contribution in [1.29, 1.82) is 0 Å². The molecule has 5 N–H and O–H groups in total. The molecule has 1 amide bonds. The lowest BCUT2D eigenvalue weighted by molar-refractivity contribution is 0.100. The molecule has 0 saturated heterocycles. The maximum Gasteiger partial charge on any atom is 0.250 e. The van der Waals surface area contributed by atoms with Crippen molar-refractivity contribution in [2.24, 2.45) is 5.73 Å². The van der Waals surface area contributed by atoms with Gasteiger partial charge in [0.05, 0.1) is 24.1 Å². The molecule has 0 atom stereocenters. The molecule has 1 fully saturated rings. The van der Waals surface area contributed by atoms with Crippen molar-refractivity contribution in [1.82, 2.24) is 4.98 Å². The number of nitrogens with zero attached hydrogens (tertiary/aromatic N) is 2. The minimum absolute atomic E-state index is 0.0501. The van der Waals surface area contributed by atoms with Gasteiger partial charge in [-0.25, -0.2) is 4.98 Å². The number of primary amides is 1. The Bertz CT molecular complexity index is 472. The summed E-state index contributed by atoms with van der Waals surface area (Å²) in [6, 6.07) is 1.98. The minimum Gasteiger partial charge on any atom is -0.397 e. The molecule has 1 aliphatic carbocycles. The van der Waals surface area contributed by atoms with Crippen LogP contribution >= 0.6 is 0 Å². The molecule has 6 nitrogen and oxygen atoms in total. The fraction of sp³-hybridized carbons (Fsp3) is 0.571. The van der Waals surface area contributed by atoms with E-state index in [-0.39, 0.29) is 17.9 Å². The van der Waals surface area contributed by atoms with Gasteiger partial charge in [-0.3, -0.25) is 4.79 Å². The van der Waals surface area contributed by atoms with E-state index in [2.05, 4.69) is 9.88 Å². The number of carbonyl (C=O) groups is 1. The van der Waals surface area contributed by atoms with Gasteiger partial charge in [0.25, 0.3) is 5.91 Å². The molecule has 1 heterocycles. The molecule has 0 spiro atoms. The first-order chi connectivity index (χ1) is 9.63. The Hall–Kier alpha value is -1.82. The molecule has 0 radical (unpaired) electrons. The normalized spacial score (nSPS) is 16.1. The lowest BCUT2D eigenvalue weighted by Crippen LogP contribution is -2.39. The van der Waals surface area contributed by atoms with E-state index < -0.39 is 5.91 Å². The molecule has 1 aliphatic rings. The summed E-state index contributed by atoms with van der Waals surface area (Å²) in [5.74, 6) is 0.104. The molecule has 6 heteroatoms. The van der Waals surface area contributed by atoms with Gasteiger partial charge < -0.3 is 21.5 Å². The largest absolute Gasteiger partial charge is 0.397 e. The number of amides is 1. The third-order valence-corrected chi connectivity index (χ3v) is 3.84. The zero-order valence-corrected chi connectivity index (χ0v) is 11.6. The number of hydrogen-bond donors (Lipinski definition) is 3. The second-order valence-corrected chi connectivity index (χ2v) is 5.20. The molecule has 1 aromatic heterocycles. The lowest BCUT2D eigenvalue weighted by atomic mass is 9.94. The summed E-state index contributed by atoms with van der Waals surface area (Å²) in [4.78, 5) is 17.7. The molecule has 0 bridgehead atoms. The Labute approximate surface area is 118 Å². The molecular formula is C14H22N4O2. The summed E-state index contributed by atoms with van der Waals surface area (Å²) in [5.41, 5.74) is 11.6. The van der Waals surface area contributed by atoms with Gasteiger partial charge >= 0.3 is 0 Å². The number of aliphatic hydroxyl groups is 1. The predicted octanol–water partition coefficient (Wildman–Crippen LogP) is 0.894. The van der Waals surface area contributed by atoms with Gasteiger partial charge in [0, 0.05) is 12.6 Å². The summed E-state index contributed by atoms with van der Waals surface area (Å²) in [5, 5.41) is 9.28. The van der Waals surface area contributed by atoms with Crippen molar-refractivity contribution in [2.45, 2.75) is 38.1 Å². The number of aliphatic hydroxyl groups excluding tert-OH is 1. The number of rotatable bonds is 5. The predicted molar refractivity (Wildman–Crippen MR) is 78.5 cm³/mol. The first-order valence-corrected chi connectivity index (χ1v) is 7.06. The number of aromatic nitrogens is 1. The van der Waals surface area contributed by atoms with Gasteiger partial charge in [-0.15, -0.1) is 0 Å². The quantitative estimate of drug-likeness (QED) is 0.742. The number of nitrogens with two attached hydrogens (primary N) is 2. The van der Waals surface area contributed by atoms with E-state index >= 15 is 0 Å². The maximum absolute atomic E-state index is 11.4. The first-order valence-electron chi connectivity index (χ1n) is 7.06. The fourth-order valence-corrected chi connectivity index (χ4v) is 2.81. The standard InChI is InChI=1S/C14H22N4O2/c15-12-9-17-13(8-11(12)14(16)20)18(6-7-19)10-4-2-1-3-5-10/h8-10,19H,1-7,15H2,(H2,16,20). The van der Waals surface area contributed by atoms with Crippen LogP contribution in [-0.2, 0) is 0 Å². The molecule has 0 unspecified atom stereocenters. The van der Waals surface area contributed by atoms with Crippen molar-refractivity contribution < 1.29 is 9.90 Å². The van der Waals surface area contributed by atoms with Gasteiger partial charge in [-0.2, -0.15) is 0 Å². The summed E-state index contributed by atoms with van der Waals surface area (Å²) in [7, 11) is 0. The highest BCUT2D eigenvalue weighted by Crippen LogP contribution is 2.27. The van der Waals surface area contributed by atoms with Crippen LogP contribution in [0, 0.1) is 0 Å². The lowest BCUT2D eigenvalue weighted by Gasteiger charge is -2.35. The third-order valence-electron chi connectivity index (χ3n) is 3.84. The zero-order chi connectivity index (χ0) is 14.5. The summed E-state index contributed by atoms with van der Waals surface area (Å²) >= 11 is 0. The number of pyridine rings is 1. The van der Waals surface area contributed by atoms with Gasteiger partial charge in [0.2, 0.25) is 0 Å². The minimum atomic E-state index is -0.557. The highest BCUT2D eigenvalue weighted by Gasteiger charge is 2.23. The van der Waals surface area contributed by atoms with Crippen LogP contribution < -0.4 is 16.4 Å². The molecule has 110 valence electrons. The summed E-state index contributed by atoms with van der Waals surface area (Å²) in [6.07, 6.45) is 7.25. The fourth-order valence-electron chi connectivity index (χ4n) is 2.81. The Kier molecular flexibility index (Phi) is 4.79. The van der Waals surface area contributed by atoms with Gasteiger partial charge in [-0.1, -0.05) is 19.3 Å². The monoisotopic (exact) mass is 278 g/mol. The van der Waals surface area contributed by atoms with E-state index in [1.54, 1.807) is 6.07 Å². The van der Waals surface area contributed by atoms with E-state index in [0.717, 1.165) is 12.8 Å². The zero-order valence-electron chi connectivity index (χ0n) is 11.6. The van der Waals surface area contributed by atoms with E-state index in [1.165, 1.54) is 25.5 Å². The van der Waals surface area contributed by atoms with Crippen LogP contribution in [0.5, 0.6) is 0 Å². The van der Waals surface area contributed by atoms with Crippen LogP contribution in [0.4, 0.5) is 11.5 Å². The average molecular weight is 278 g/mol. The van der Waals surface area contributed by atoms with E-state index in [0.29, 0.717) is 18.4 Å². The molecule has 1 aromatic rings. The highest BCUT2D eigenvalue weighted by molar-refractivity contribution is 5.98. The first kappa shape index (κ1) is 14.6. The van der Waals surface area contributed by atoms with Crippen molar-refractivity contribution in [3.63, 3.8) is 0 Å². The van der Waals surface area contributed by atoms with E-state index in [1.807, 2.05) is 0 Å². The number of hydrogen-bond acceptors (Lipinski definition) is 5. The SMILES string of the molecule is NC(=O)c1cc(N(CCO)C2CCCCC2)ncc1N. The summed E-state index contributed by atoms with van der Waals surface area (Å²) in [6.45, 7) is 0.550. The summed E-state index contributed by atoms with van der Waals surface area (Å²) < 4.78 is 0. The highest BCUT2D eigenvalue weighted by atomic mass is 16.3. The van der Waals surface area contributed by atoms with Crippen molar-refractivity contribution in [3.8, 4) is 0 Å². The van der Waals surface area contributed by atoms with Crippen LogP contribution in [-0.4, -0.2) is 35.2 Å². The molecule has 0 aliphatic heterocycles. The Balaban J connectivity index is 2.28. The molecular weight excluding hydrogens is 256 g/mol. The van der Waals surface area contributed by atoms with Crippen LogP contribution in [0.15, 0.2) is 12.3 Å².